The normalized spacial score (nSPS) is 13.6. The molecule has 320 valence electrons. The average Bonchev–Trinajstić information content (AvgIpc) is 3.82. The number of nitrogens with zero attached hydrogens (tertiary/aromatic N) is 4. The number of carbonyl (C=O) groups excluding carboxylic acids is 2. The molecular weight excluding hydrogens is 835 g/mol. The minimum Gasteiger partial charge on any atom is -0.381 e. The molecule has 0 bridgehead atoms. The third-order valence-corrected chi connectivity index (χ3v) is 10.2. The van der Waals surface area contributed by atoms with E-state index in [0.717, 1.165) is 30.7 Å². The van der Waals surface area contributed by atoms with Crippen molar-refractivity contribution in [2.45, 2.75) is 58.0 Å². The highest BCUT2D eigenvalue weighted by Gasteiger charge is 2.29. The molecular formula is C43H38F6N10O2S. The van der Waals surface area contributed by atoms with E-state index in [1.807, 2.05) is 19.9 Å². The summed E-state index contributed by atoms with van der Waals surface area (Å²) in [5.74, 6) is -5.43. The molecule has 0 saturated heterocycles. The van der Waals surface area contributed by atoms with Crippen molar-refractivity contribution in [3.63, 3.8) is 0 Å². The molecule has 6 heterocycles. The summed E-state index contributed by atoms with van der Waals surface area (Å²) in [6.07, 6.45) is 6.61. The summed E-state index contributed by atoms with van der Waals surface area (Å²) < 4.78 is 84.0. The van der Waals surface area contributed by atoms with Gasteiger partial charge in [0.05, 0.1) is 93.3 Å². The number of carbonyl (C=O) groups is 2. The highest BCUT2D eigenvalue weighted by molar-refractivity contribution is 8.00. The standard InChI is InChI=1S/C22H19F2N5O.C19H13F4N5OS.C2H6/c23-14-5-2-6-15(24)20(14)16-9-17(21-18(28-16)11-26-22(21)30)29-19-8-7-13(10-25-19)27-12-3-1-4-12;20-10-2-1-3-11(21)16(10)12-6-13(17-14(26-12)8-25-18(17)29)27-15-5-4-9(7-24-15)28-30-19(22)23;1-2/h2,5-10,12,27H,1,3-4,11H2,(H,26,30)(H,25,28,29);1-7,19,28H,8H2,(H,25,29)(H,24,26,27);1-2H3. The van der Waals surface area contributed by atoms with Crippen LogP contribution in [0.3, 0.4) is 0 Å². The number of fused-ring (bicyclic) bond motifs is 2. The van der Waals surface area contributed by atoms with Gasteiger partial charge in [0.15, 0.2) is 0 Å². The monoisotopic (exact) mass is 872 g/mol. The number of alkyl halides is 2. The second kappa shape index (κ2) is 19.2. The van der Waals surface area contributed by atoms with Crippen LogP contribution in [-0.2, 0) is 13.1 Å². The van der Waals surface area contributed by atoms with E-state index in [1.54, 1.807) is 12.3 Å². The van der Waals surface area contributed by atoms with Crippen molar-refractivity contribution in [3.8, 4) is 22.5 Å². The van der Waals surface area contributed by atoms with E-state index in [0.29, 0.717) is 46.0 Å². The zero-order valence-corrected chi connectivity index (χ0v) is 33.9. The number of hydrogen-bond acceptors (Lipinski definition) is 11. The SMILES string of the molecule is CC.O=C1NCc2nc(-c3c(F)cccc3F)cc(Nc3ccc(NC4CCC4)cn3)c21.O=C1NCc2nc(-c3c(F)cccc3F)cc(Nc3ccc(NSC(F)F)cn3)c21. The molecule has 1 aliphatic carbocycles. The number of anilines is 6. The molecule has 2 aliphatic heterocycles. The van der Waals surface area contributed by atoms with Crippen molar-refractivity contribution in [1.29, 1.82) is 0 Å². The predicted molar refractivity (Wildman–Crippen MR) is 226 cm³/mol. The fourth-order valence-electron chi connectivity index (χ4n) is 6.66. The van der Waals surface area contributed by atoms with E-state index >= 15 is 0 Å². The summed E-state index contributed by atoms with van der Waals surface area (Å²) in [5.41, 5.74) is 2.94. The van der Waals surface area contributed by atoms with Crippen molar-refractivity contribution >= 4 is 58.1 Å². The van der Waals surface area contributed by atoms with E-state index in [9.17, 15) is 35.9 Å². The van der Waals surface area contributed by atoms with E-state index in [4.69, 9.17) is 0 Å². The lowest BCUT2D eigenvalue weighted by molar-refractivity contribution is 0.0958. The molecule has 0 atom stereocenters. The number of aromatic nitrogens is 4. The molecule has 9 rings (SSSR count). The Morgan fingerprint density at radius 1 is 0.645 bits per heavy atom. The van der Waals surface area contributed by atoms with Gasteiger partial charge in [-0.3, -0.25) is 9.59 Å². The van der Waals surface area contributed by atoms with Gasteiger partial charge in [-0.05, 0) is 79.9 Å². The number of amides is 2. The smallest absolute Gasteiger partial charge is 0.302 e. The molecule has 0 unspecified atom stereocenters. The Labute approximate surface area is 355 Å². The molecule has 6 aromatic rings. The molecule has 19 heteroatoms. The lowest BCUT2D eigenvalue weighted by Gasteiger charge is -2.27. The average molecular weight is 873 g/mol. The van der Waals surface area contributed by atoms with Gasteiger partial charge in [-0.25, -0.2) is 37.5 Å². The van der Waals surface area contributed by atoms with Crippen LogP contribution in [-0.4, -0.2) is 43.5 Å². The molecule has 1 fully saturated rings. The minimum atomic E-state index is -2.59. The first kappa shape index (κ1) is 43.2. The minimum absolute atomic E-state index is 0.0231. The molecule has 12 nitrogen and oxygen atoms in total. The quantitative estimate of drug-likeness (QED) is 0.0544. The van der Waals surface area contributed by atoms with Crippen LogP contribution in [0.5, 0.6) is 0 Å². The van der Waals surface area contributed by atoms with E-state index in [-0.39, 0.29) is 70.6 Å². The van der Waals surface area contributed by atoms with Crippen molar-refractivity contribution in [2.75, 3.05) is 20.7 Å². The van der Waals surface area contributed by atoms with Crippen LogP contribution in [0, 0.1) is 23.3 Å². The zero-order valence-electron chi connectivity index (χ0n) is 33.1. The third kappa shape index (κ3) is 9.67. The van der Waals surface area contributed by atoms with E-state index in [1.165, 1.54) is 61.1 Å². The molecule has 2 amide bonds. The Bertz CT molecular complexity index is 2560. The highest BCUT2D eigenvalue weighted by Crippen LogP contribution is 2.35. The highest BCUT2D eigenvalue weighted by atomic mass is 32.2. The van der Waals surface area contributed by atoms with Gasteiger partial charge in [0.1, 0.15) is 34.9 Å². The number of pyridine rings is 4. The Kier molecular flexibility index (Phi) is 13.4. The van der Waals surface area contributed by atoms with Crippen molar-refractivity contribution in [3.05, 3.63) is 131 Å². The Morgan fingerprint density at radius 2 is 1.10 bits per heavy atom. The fraction of sp³-hybridized carbons (Fsp3) is 0.209. The van der Waals surface area contributed by atoms with Crippen molar-refractivity contribution < 1.29 is 35.9 Å². The Morgan fingerprint density at radius 3 is 1.48 bits per heavy atom. The number of nitrogens with one attached hydrogen (secondary N) is 6. The molecule has 1 saturated carbocycles. The van der Waals surface area contributed by atoms with Gasteiger partial charge in [-0.2, -0.15) is 8.78 Å². The first-order valence-electron chi connectivity index (χ1n) is 19.5. The van der Waals surface area contributed by atoms with Gasteiger partial charge in [0.25, 0.3) is 11.8 Å². The Hall–Kier alpha value is -6.89. The maximum Gasteiger partial charge on any atom is 0.302 e. The van der Waals surface area contributed by atoms with Crippen LogP contribution < -0.4 is 31.3 Å². The summed E-state index contributed by atoms with van der Waals surface area (Å²) >= 11 is 0.237. The lowest BCUT2D eigenvalue weighted by Crippen LogP contribution is -2.26. The van der Waals surface area contributed by atoms with Gasteiger partial charge in [0, 0.05) is 18.0 Å². The van der Waals surface area contributed by atoms with Crippen LogP contribution >= 0.6 is 11.9 Å². The predicted octanol–water partition coefficient (Wildman–Crippen LogP) is 10.1. The summed E-state index contributed by atoms with van der Waals surface area (Å²) in [7, 11) is 0. The van der Waals surface area contributed by atoms with Crippen LogP contribution in [0.2, 0.25) is 0 Å². The fourth-order valence-corrected chi connectivity index (χ4v) is 7.01. The summed E-state index contributed by atoms with van der Waals surface area (Å²) in [6, 6.07) is 17.2. The van der Waals surface area contributed by atoms with Gasteiger partial charge in [-0.1, -0.05) is 26.0 Å². The number of benzene rings is 2. The molecule has 2 aromatic carbocycles. The molecule has 62 heavy (non-hydrogen) atoms. The Balaban J connectivity index is 0.000000179. The topological polar surface area (TPSA) is 158 Å². The zero-order chi connectivity index (χ0) is 43.9. The first-order chi connectivity index (χ1) is 30.0. The second-order valence-corrected chi connectivity index (χ2v) is 14.5. The lowest BCUT2D eigenvalue weighted by atomic mass is 9.93. The van der Waals surface area contributed by atoms with Crippen molar-refractivity contribution in [1.82, 2.24) is 30.6 Å². The first-order valence-corrected chi connectivity index (χ1v) is 20.3. The van der Waals surface area contributed by atoms with Gasteiger partial charge >= 0.3 is 5.76 Å². The van der Waals surface area contributed by atoms with E-state index in [2.05, 4.69) is 51.2 Å². The number of halogens is 6. The summed E-state index contributed by atoms with van der Waals surface area (Å²) in [4.78, 5) is 41.6. The van der Waals surface area contributed by atoms with Gasteiger partial charge in [0.2, 0.25) is 0 Å². The largest absolute Gasteiger partial charge is 0.381 e. The third-order valence-electron chi connectivity index (χ3n) is 9.71. The molecule has 6 N–H and O–H groups in total. The molecule has 3 aliphatic rings. The second-order valence-electron chi connectivity index (χ2n) is 13.7. The number of rotatable bonds is 11. The van der Waals surface area contributed by atoms with Crippen LogP contribution in [0.4, 0.5) is 60.7 Å². The summed E-state index contributed by atoms with van der Waals surface area (Å²) in [6.45, 7) is 4.32. The van der Waals surface area contributed by atoms with Gasteiger partial charge in [-0.15, -0.1) is 0 Å². The van der Waals surface area contributed by atoms with E-state index < -0.39 is 29.0 Å². The molecule has 4 aromatic heterocycles. The maximum absolute atomic E-state index is 14.3. The molecule has 0 radical (unpaired) electrons. The maximum atomic E-state index is 14.3. The molecule has 0 spiro atoms. The van der Waals surface area contributed by atoms with Crippen molar-refractivity contribution in [2.24, 2.45) is 0 Å². The number of hydrogen-bond donors (Lipinski definition) is 6. The van der Waals surface area contributed by atoms with Crippen LogP contribution in [0.25, 0.3) is 22.5 Å². The van der Waals surface area contributed by atoms with Gasteiger partial charge < -0.3 is 31.3 Å². The van der Waals surface area contributed by atoms with Crippen LogP contribution in [0.15, 0.2) is 85.2 Å². The van der Waals surface area contributed by atoms with Crippen LogP contribution in [0.1, 0.15) is 65.2 Å². The summed E-state index contributed by atoms with van der Waals surface area (Å²) in [5, 5.41) is 14.8.